The molecule has 0 bridgehead atoms. The largest absolute Gasteiger partial charge is 0.481 e. The maximum absolute atomic E-state index is 5.06. The number of rotatable bonds is 2. The van der Waals surface area contributed by atoms with Gasteiger partial charge >= 0.3 is 0 Å². The van der Waals surface area contributed by atoms with Crippen LogP contribution in [0.1, 0.15) is 30.7 Å². The van der Waals surface area contributed by atoms with Gasteiger partial charge in [0.15, 0.2) is 0 Å². The minimum absolute atomic E-state index is 0.736. The van der Waals surface area contributed by atoms with Gasteiger partial charge in [0, 0.05) is 12.3 Å². The van der Waals surface area contributed by atoms with Crippen LogP contribution < -0.4 is 4.74 Å². The van der Waals surface area contributed by atoms with Crippen LogP contribution >= 0.6 is 0 Å². The molecule has 0 unspecified atom stereocenters. The van der Waals surface area contributed by atoms with Gasteiger partial charge in [0.1, 0.15) is 0 Å². The van der Waals surface area contributed by atoms with Crippen molar-refractivity contribution in [1.82, 2.24) is 4.98 Å². The van der Waals surface area contributed by atoms with Gasteiger partial charge in [-0.3, -0.25) is 0 Å². The Kier molecular flexibility index (Phi) is 1.98. The molecule has 0 aromatic carbocycles. The van der Waals surface area contributed by atoms with E-state index in [4.69, 9.17) is 4.74 Å². The van der Waals surface area contributed by atoms with Gasteiger partial charge in [-0.1, -0.05) is 6.42 Å². The second-order valence-corrected chi connectivity index (χ2v) is 3.26. The Balaban J connectivity index is 2.19. The minimum atomic E-state index is 0.736. The summed E-state index contributed by atoms with van der Waals surface area (Å²) in [6.07, 6.45) is 5.85. The summed E-state index contributed by atoms with van der Waals surface area (Å²) in [7, 11) is 1.66. The normalized spacial score (nSPS) is 17.1. The zero-order valence-electron chi connectivity index (χ0n) is 7.29. The van der Waals surface area contributed by atoms with Crippen LogP contribution in [-0.4, -0.2) is 12.1 Å². The van der Waals surface area contributed by atoms with E-state index in [1.54, 1.807) is 7.11 Å². The predicted molar refractivity (Wildman–Crippen MR) is 47.4 cm³/mol. The van der Waals surface area contributed by atoms with E-state index >= 15 is 0 Å². The number of hydrogen-bond acceptors (Lipinski definition) is 2. The van der Waals surface area contributed by atoms with E-state index in [0.717, 1.165) is 11.8 Å². The highest BCUT2D eigenvalue weighted by atomic mass is 16.5. The van der Waals surface area contributed by atoms with Crippen molar-refractivity contribution >= 4 is 0 Å². The maximum Gasteiger partial charge on any atom is 0.213 e. The zero-order chi connectivity index (χ0) is 8.39. The molecule has 1 saturated carbocycles. The van der Waals surface area contributed by atoms with Crippen molar-refractivity contribution in [2.24, 2.45) is 0 Å². The number of aromatic nitrogens is 1. The molecular formula is C10H13NO. The van der Waals surface area contributed by atoms with Crippen molar-refractivity contribution in [3.63, 3.8) is 0 Å². The Morgan fingerprint density at radius 2 is 2.33 bits per heavy atom. The predicted octanol–water partition coefficient (Wildman–Crippen LogP) is 2.36. The summed E-state index contributed by atoms with van der Waals surface area (Å²) in [4.78, 5) is 4.08. The lowest BCUT2D eigenvalue weighted by Crippen LogP contribution is -2.08. The molecule has 2 nitrogen and oxygen atoms in total. The fourth-order valence-electron chi connectivity index (χ4n) is 1.53. The van der Waals surface area contributed by atoms with E-state index in [-0.39, 0.29) is 0 Å². The van der Waals surface area contributed by atoms with Crippen LogP contribution in [-0.2, 0) is 0 Å². The molecule has 1 aliphatic carbocycles. The first-order chi connectivity index (χ1) is 5.90. The average molecular weight is 163 g/mol. The number of hydrogen-bond donors (Lipinski definition) is 0. The van der Waals surface area contributed by atoms with Gasteiger partial charge in [0.2, 0.25) is 5.88 Å². The lowest BCUT2D eigenvalue weighted by atomic mass is 9.80. The first kappa shape index (κ1) is 7.59. The Hall–Kier alpha value is -1.05. The molecule has 0 radical (unpaired) electrons. The van der Waals surface area contributed by atoms with Gasteiger partial charge < -0.3 is 4.74 Å². The van der Waals surface area contributed by atoms with E-state index in [1.165, 1.54) is 24.8 Å². The van der Waals surface area contributed by atoms with Crippen LogP contribution in [0.5, 0.6) is 5.88 Å². The molecule has 1 fully saturated rings. The molecule has 2 heteroatoms. The SMILES string of the molecule is COc1cc(C2CCC2)ccn1. The van der Waals surface area contributed by atoms with Crippen molar-refractivity contribution in [3.8, 4) is 5.88 Å². The third kappa shape index (κ3) is 1.29. The molecule has 1 aromatic rings. The summed E-state index contributed by atoms with van der Waals surface area (Å²) in [5.74, 6) is 1.50. The van der Waals surface area contributed by atoms with Crippen LogP contribution in [0.25, 0.3) is 0 Å². The van der Waals surface area contributed by atoms with E-state index in [2.05, 4.69) is 11.1 Å². The van der Waals surface area contributed by atoms with Gasteiger partial charge in [-0.25, -0.2) is 4.98 Å². The average Bonchev–Trinajstić information content (AvgIpc) is 2.02. The van der Waals surface area contributed by atoms with Crippen molar-refractivity contribution in [1.29, 1.82) is 0 Å². The lowest BCUT2D eigenvalue weighted by Gasteiger charge is -2.25. The topological polar surface area (TPSA) is 22.1 Å². The van der Waals surface area contributed by atoms with Gasteiger partial charge in [0.25, 0.3) is 0 Å². The van der Waals surface area contributed by atoms with Crippen molar-refractivity contribution in [2.75, 3.05) is 7.11 Å². The highest BCUT2D eigenvalue weighted by Gasteiger charge is 2.19. The first-order valence-corrected chi connectivity index (χ1v) is 4.40. The fourth-order valence-corrected chi connectivity index (χ4v) is 1.53. The molecule has 0 N–H and O–H groups in total. The molecule has 0 spiro atoms. The van der Waals surface area contributed by atoms with Crippen LogP contribution in [0.2, 0.25) is 0 Å². The summed E-state index contributed by atoms with van der Waals surface area (Å²) in [5, 5.41) is 0. The second kappa shape index (κ2) is 3.13. The zero-order valence-corrected chi connectivity index (χ0v) is 7.29. The molecule has 1 heterocycles. The molecule has 64 valence electrons. The standard InChI is InChI=1S/C10H13NO/c1-12-10-7-9(5-6-11-10)8-3-2-4-8/h5-8H,2-4H2,1H3. The van der Waals surface area contributed by atoms with Crippen LogP contribution in [0.4, 0.5) is 0 Å². The third-order valence-corrected chi connectivity index (χ3v) is 2.54. The monoisotopic (exact) mass is 163 g/mol. The molecule has 0 atom stereocenters. The molecule has 0 saturated heterocycles. The molecule has 12 heavy (non-hydrogen) atoms. The lowest BCUT2D eigenvalue weighted by molar-refractivity contribution is 0.389. The van der Waals surface area contributed by atoms with E-state index in [0.29, 0.717) is 0 Å². The summed E-state index contributed by atoms with van der Waals surface area (Å²) in [6, 6.07) is 4.14. The Morgan fingerprint density at radius 3 is 2.92 bits per heavy atom. The third-order valence-electron chi connectivity index (χ3n) is 2.54. The first-order valence-electron chi connectivity index (χ1n) is 4.40. The Bertz CT molecular complexity index is 268. The Labute approximate surface area is 72.6 Å². The molecular weight excluding hydrogens is 150 g/mol. The number of ether oxygens (including phenoxy) is 1. The number of pyridine rings is 1. The molecule has 0 aliphatic heterocycles. The minimum Gasteiger partial charge on any atom is -0.481 e. The van der Waals surface area contributed by atoms with Crippen LogP contribution in [0.15, 0.2) is 18.3 Å². The summed E-state index contributed by atoms with van der Waals surface area (Å²) in [6.45, 7) is 0. The number of methoxy groups -OCH3 is 1. The van der Waals surface area contributed by atoms with Gasteiger partial charge in [0.05, 0.1) is 7.11 Å². The van der Waals surface area contributed by atoms with Gasteiger partial charge in [-0.15, -0.1) is 0 Å². The van der Waals surface area contributed by atoms with E-state index < -0.39 is 0 Å². The van der Waals surface area contributed by atoms with Crippen LogP contribution in [0, 0.1) is 0 Å². The highest BCUT2D eigenvalue weighted by molar-refractivity contribution is 5.25. The van der Waals surface area contributed by atoms with E-state index in [9.17, 15) is 0 Å². The highest BCUT2D eigenvalue weighted by Crippen LogP contribution is 2.36. The molecule has 1 aromatic heterocycles. The molecule has 2 rings (SSSR count). The smallest absolute Gasteiger partial charge is 0.213 e. The second-order valence-electron chi connectivity index (χ2n) is 3.26. The van der Waals surface area contributed by atoms with Gasteiger partial charge in [-0.05, 0) is 30.4 Å². The molecule has 0 amide bonds. The fraction of sp³-hybridized carbons (Fsp3) is 0.500. The Morgan fingerprint density at radius 1 is 1.50 bits per heavy atom. The van der Waals surface area contributed by atoms with Crippen molar-refractivity contribution in [2.45, 2.75) is 25.2 Å². The maximum atomic E-state index is 5.06. The summed E-state index contributed by atoms with van der Waals surface area (Å²) in [5.41, 5.74) is 1.38. The van der Waals surface area contributed by atoms with Crippen molar-refractivity contribution in [3.05, 3.63) is 23.9 Å². The van der Waals surface area contributed by atoms with Crippen molar-refractivity contribution < 1.29 is 4.74 Å². The summed E-state index contributed by atoms with van der Waals surface area (Å²) < 4.78 is 5.06. The van der Waals surface area contributed by atoms with Crippen LogP contribution in [0.3, 0.4) is 0 Å². The quantitative estimate of drug-likeness (QED) is 0.667. The van der Waals surface area contributed by atoms with Gasteiger partial charge in [-0.2, -0.15) is 0 Å². The number of nitrogens with zero attached hydrogens (tertiary/aromatic N) is 1. The summed E-state index contributed by atoms with van der Waals surface area (Å²) >= 11 is 0. The molecule has 1 aliphatic rings. The van der Waals surface area contributed by atoms with E-state index in [1.807, 2.05) is 12.3 Å².